The summed E-state index contributed by atoms with van der Waals surface area (Å²) < 4.78 is 29.9. The molecule has 7 heterocycles. The van der Waals surface area contributed by atoms with Gasteiger partial charge in [0.2, 0.25) is 11.2 Å². The third kappa shape index (κ3) is 42.7. The van der Waals surface area contributed by atoms with Crippen molar-refractivity contribution >= 4 is 91.4 Å². The number of ether oxygens (including phenoxy) is 5. The maximum atomic E-state index is 13.2. The number of nitrogens with zero attached hydrogens (tertiary/aromatic N) is 9. The molecule has 774 valence electrons. The predicted octanol–water partition coefficient (Wildman–Crippen LogP) is 25.1. The highest BCUT2D eigenvalue weighted by atomic mass is 79.9. The first-order valence-electron chi connectivity index (χ1n) is 50.4. The summed E-state index contributed by atoms with van der Waals surface area (Å²) in [6.07, 6.45) is 21.9. The van der Waals surface area contributed by atoms with Gasteiger partial charge in [0.25, 0.3) is 0 Å². The molecule has 12 unspecified atom stereocenters. The van der Waals surface area contributed by atoms with Crippen LogP contribution in [0, 0.1) is 0 Å². The average Bonchev–Trinajstić information content (AvgIpc) is 0.812. The second-order valence-electron chi connectivity index (χ2n) is 42.0. The Morgan fingerprint density at radius 1 is 0.364 bits per heavy atom. The van der Waals surface area contributed by atoms with Crippen LogP contribution in [-0.2, 0) is 78.5 Å². The first kappa shape index (κ1) is 117. The Labute approximate surface area is 872 Å². The van der Waals surface area contributed by atoms with E-state index in [4.69, 9.17) is 46.8 Å². The summed E-state index contributed by atoms with van der Waals surface area (Å²) in [5, 5.41) is 7.49. The number of rotatable bonds is 20. The molecule has 25 nitrogen and oxygen atoms in total. The smallest absolute Gasteiger partial charge is 0.414 e. The Hall–Kier alpha value is -10.9. The third-order valence-electron chi connectivity index (χ3n) is 24.2. The molecular formula is C115H156Br2ClN13O12. The fraction of sp³-hybridized carbons (Fsp3) is 0.487. The molecule has 14 rings (SSSR count). The second kappa shape index (κ2) is 57.7. The molecule has 0 saturated carbocycles. The van der Waals surface area contributed by atoms with Crippen LogP contribution >= 0.6 is 43.5 Å². The van der Waals surface area contributed by atoms with Crippen molar-refractivity contribution in [1.29, 1.82) is 0 Å². The number of aromatic nitrogens is 4. The zero-order chi connectivity index (χ0) is 105. The summed E-state index contributed by atoms with van der Waals surface area (Å²) in [6, 6.07) is 72.4. The summed E-state index contributed by atoms with van der Waals surface area (Å²) in [7, 11) is 0. The first-order valence-corrected chi connectivity index (χ1v) is 52.4. The highest BCUT2D eigenvalue weighted by Gasteiger charge is 2.45. The zero-order valence-electron chi connectivity index (χ0n) is 87.5. The number of Topliss-reactive ketones (excluding diaryl/α,β-unsaturated/α-hetero) is 1. The van der Waals surface area contributed by atoms with Crippen molar-refractivity contribution in [2.24, 2.45) is 11.5 Å². The SMILES string of the molecule is CC(C)(C)OC(=O)N1C=CC(=O)CC1Cc1ccccc1.CCC1CC(=O)CC(Cc2ccccc2)N1C(=O)OC(C)(C)C.CCC1CC(N)CC(Cc2ccccc2)N1C(=O)OC(C)(C)C.CCC1CC(NCc2ccccc2)CC(Cc2ccccc2)N1C(=O)OC(C)(C)C.CCC1CC(Nc2ncc(Br)cn2)CC(Cc2ccccc2)N1C(=O)OC(C)(C)C.Clc1ncc(Br)cn1.NCc1ccccc1. The number of amides is 5. The first-order chi connectivity index (χ1) is 67.8. The lowest BCUT2D eigenvalue weighted by Crippen LogP contribution is -2.57. The maximum Gasteiger partial charge on any atom is 0.414 e. The molecule has 6 N–H and O–H groups in total. The van der Waals surface area contributed by atoms with Crippen LogP contribution in [0.5, 0.6) is 0 Å². The van der Waals surface area contributed by atoms with Gasteiger partial charge in [0.05, 0.1) is 15.0 Å². The number of hydrogen-bond donors (Lipinski definition) is 4. The molecule has 4 saturated heterocycles. The highest BCUT2D eigenvalue weighted by Crippen LogP contribution is 2.36. The molecule has 143 heavy (non-hydrogen) atoms. The van der Waals surface area contributed by atoms with E-state index in [1.165, 1.54) is 45.0 Å². The van der Waals surface area contributed by atoms with Crippen LogP contribution < -0.4 is 22.1 Å². The third-order valence-corrected chi connectivity index (χ3v) is 25.3. The van der Waals surface area contributed by atoms with Crippen LogP contribution in [0.2, 0.25) is 5.28 Å². The normalized spacial score (nSPS) is 20.6. The molecule has 0 spiro atoms. The van der Waals surface area contributed by atoms with Gasteiger partial charge >= 0.3 is 30.5 Å². The molecule has 4 fully saturated rings. The van der Waals surface area contributed by atoms with E-state index in [0.717, 1.165) is 110 Å². The van der Waals surface area contributed by atoms with Crippen molar-refractivity contribution in [2.75, 3.05) is 5.32 Å². The van der Waals surface area contributed by atoms with Gasteiger partial charge in [-0.1, -0.05) is 240 Å². The summed E-state index contributed by atoms with van der Waals surface area (Å²) >= 11 is 11.9. The van der Waals surface area contributed by atoms with Gasteiger partial charge in [0.1, 0.15) is 33.8 Å². The van der Waals surface area contributed by atoms with Gasteiger partial charge < -0.3 is 65.4 Å². The topological polar surface area (TPSA) is 309 Å². The number of carbonyl (C=O) groups excluding carboxylic acids is 7. The Morgan fingerprint density at radius 3 is 0.986 bits per heavy atom. The van der Waals surface area contributed by atoms with Gasteiger partial charge in [-0.2, -0.15) is 0 Å². The molecule has 5 amide bonds. The quantitative estimate of drug-likeness (QED) is 0.0407. The fourth-order valence-electron chi connectivity index (χ4n) is 18.0. The van der Waals surface area contributed by atoms with Gasteiger partial charge in [0.15, 0.2) is 5.78 Å². The number of nitrogens with one attached hydrogen (secondary N) is 2. The minimum absolute atomic E-state index is 0.0360. The second-order valence-corrected chi connectivity index (χ2v) is 44.2. The number of anilines is 1. The molecule has 0 aliphatic carbocycles. The highest BCUT2D eigenvalue weighted by molar-refractivity contribution is 9.10. The van der Waals surface area contributed by atoms with Gasteiger partial charge in [-0.05, 0) is 289 Å². The monoisotopic (exact) mass is 2100 g/mol. The maximum absolute atomic E-state index is 13.2. The Bertz CT molecular complexity index is 5290. The Kier molecular flexibility index (Phi) is 47.3. The molecule has 5 aliphatic heterocycles. The van der Waals surface area contributed by atoms with Crippen LogP contribution in [0.4, 0.5) is 29.9 Å². The largest absolute Gasteiger partial charge is 0.444 e. The van der Waals surface area contributed by atoms with Crippen LogP contribution in [-0.4, -0.2) is 187 Å². The summed E-state index contributed by atoms with van der Waals surface area (Å²) in [6.45, 7) is 38.3. The van der Waals surface area contributed by atoms with E-state index in [9.17, 15) is 33.6 Å². The summed E-state index contributed by atoms with van der Waals surface area (Å²) in [5.74, 6) is 0.885. The van der Waals surface area contributed by atoms with E-state index in [1.807, 2.05) is 265 Å². The number of nitrogens with two attached hydrogens (primary N) is 2. The molecule has 2 aromatic heterocycles. The molecular weight excluding hydrogens is 1950 g/mol. The molecule has 12 atom stereocenters. The van der Waals surface area contributed by atoms with E-state index in [0.29, 0.717) is 50.6 Å². The standard InChI is InChI=1S/C26H36N2O2.C23H31BrN4O2.C19H30N2O2.C19H27NO3.C17H21NO3.C7H9N.C4H2BrClN2/c1-5-23-17-22(27-19-21-14-10-7-11-15-21)18-24(16-20-12-8-6-9-13-20)28(23)25(29)30-26(2,3)4;1-5-19-12-18(27-21-25-14-17(24)15-26-21)13-20(11-16-9-7-6-8-10-16)28(19)22(29)30-23(2,3)4;1-5-16-12-15(20)13-17(11-14-9-7-6-8-10-14)21(16)18(22)23-19(2,3)4;1-5-15-12-17(21)13-16(11-14-9-7-6-8-10-14)20(15)18(22)23-19(2,3)4;1-17(2,3)21-16(20)18-10-9-15(19)12-14(18)11-13-7-5-4-6-8-13;8-6-7-4-2-1-3-5-7;5-3-1-7-4(6)8-2-3/h6-15,22-24,27H,5,16-19H2,1-4H3;6-10,14-15,18-20H,5,11-13H2,1-4H3,(H,25,26,27);6-10,15-17H,5,11-13,20H2,1-4H3;6-10,15-16H,5,11-13H2,1-4H3;4-10,14H,11-12H2,1-3H3;1-5H,6,8H2;1-2H. The van der Waals surface area contributed by atoms with Gasteiger partial charge in [0, 0.05) is 130 Å². The minimum Gasteiger partial charge on any atom is -0.444 e. The van der Waals surface area contributed by atoms with Crippen LogP contribution in [0.3, 0.4) is 0 Å². The number of allylic oxidation sites excluding steroid dienone is 1. The van der Waals surface area contributed by atoms with Crippen molar-refractivity contribution in [3.8, 4) is 0 Å². The van der Waals surface area contributed by atoms with Crippen molar-refractivity contribution in [3.05, 3.63) is 303 Å². The Morgan fingerprint density at radius 2 is 0.643 bits per heavy atom. The van der Waals surface area contributed by atoms with E-state index in [1.54, 1.807) is 29.7 Å². The molecule has 9 aromatic rings. The van der Waals surface area contributed by atoms with Gasteiger partial charge in [-0.3, -0.25) is 14.5 Å². The lowest BCUT2D eigenvalue weighted by molar-refractivity contribution is -0.125. The van der Waals surface area contributed by atoms with Crippen LogP contribution in [0.25, 0.3) is 0 Å². The van der Waals surface area contributed by atoms with Crippen LogP contribution in [0.1, 0.15) is 254 Å². The Balaban J connectivity index is 0.000000211. The van der Waals surface area contributed by atoms with Crippen molar-refractivity contribution in [3.63, 3.8) is 0 Å². The van der Waals surface area contributed by atoms with E-state index < -0.39 is 34.1 Å². The molecule has 0 bridgehead atoms. The van der Waals surface area contributed by atoms with E-state index in [-0.39, 0.29) is 108 Å². The summed E-state index contributed by atoms with van der Waals surface area (Å²) in [4.78, 5) is 113. The predicted molar refractivity (Wildman–Crippen MR) is 578 cm³/mol. The van der Waals surface area contributed by atoms with Crippen molar-refractivity contribution in [1.82, 2.24) is 49.8 Å². The van der Waals surface area contributed by atoms with E-state index >= 15 is 0 Å². The number of benzene rings is 7. The van der Waals surface area contributed by atoms with Crippen LogP contribution in [0.15, 0.2) is 258 Å². The van der Waals surface area contributed by atoms with Crippen molar-refractivity contribution < 1.29 is 57.2 Å². The average molecular weight is 2110 g/mol. The number of ketones is 2. The zero-order valence-corrected chi connectivity index (χ0v) is 91.4. The molecule has 5 aliphatic rings. The summed E-state index contributed by atoms with van der Waals surface area (Å²) in [5.41, 5.74) is 17.4. The van der Waals surface area contributed by atoms with Gasteiger partial charge in [-0.25, -0.2) is 43.9 Å². The van der Waals surface area contributed by atoms with Crippen molar-refractivity contribution in [2.45, 2.75) is 361 Å². The molecule has 7 aromatic carbocycles. The number of piperidine rings is 4. The molecule has 0 radical (unpaired) electrons. The van der Waals surface area contributed by atoms with Gasteiger partial charge in [-0.15, -0.1) is 0 Å². The molecule has 28 heteroatoms. The number of halogens is 3. The van der Waals surface area contributed by atoms with E-state index in [2.05, 4.69) is 156 Å². The number of hydrogen-bond acceptors (Lipinski definition) is 20. The minimum atomic E-state index is -0.552. The number of likely N-dealkylation sites (tertiary alicyclic amines) is 4. The lowest BCUT2D eigenvalue weighted by atomic mass is 9.87. The number of carbonyl (C=O) groups is 7. The fourth-order valence-corrected chi connectivity index (χ4v) is 18.5. The lowest BCUT2D eigenvalue weighted by Gasteiger charge is -2.45.